The maximum atomic E-state index is 11.7. The van der Waals surface area contributed by atoms with E-state index in [1.54, 1.807) is 6.20 Å². The lowest BCUT2D eigenvalue weighted by atomic mass is 10.2. The van der Waals surface area contributed by atoms with Gasteiger partial charge in [-0.25, -0.2) is 9.97 Å². The first-order valence-electron chi connectivity index (χ1n) is 8.15. The largest absolute Gasteiger partial charge is 0.340 e. The number of H-pyrrole nitrogens is 1. The van der Waals surface area contributed by atoms with Crippen molar-refractivity contribution in [2.24, 2.45) is 0 Å². The molecule has 1 saturated heterocycles. The molecule has 3 aliphatic rings. The van der Waals surface area contributed by atoms with Crippen LogP contribution in [0.3, 0.4) is 0 Å². The van der Waals surface area contributed by atoms with Gasteiger partial charge in [0.15, 0.2) is 0 Å². The Hall–Kier alpha value is -2.73. The Kier molecular flexibility index (Phi) is 3.96. The van der Waals surface area contributed by atoms with Crippen molar-refractivity contribution in [2.75, 3.05) is 31.1 Å². The summed E-state index contributed by atoms with van der Waals surface area (Å²) >= 11 is 0. The molecular formula is C18H19N5O. The zero-order valence-electron chi connectivity index (χ0n) is 13.4. The van der Waals surface area contributed by atoms with Gasteiger partial charge in [0.2, 0.25) is 5.95 Å². The Labute approximate surface area is 140 Å². The summed E-state index contributed by atoms with van der Waals surface area (Å²) < 4.78 is 0. The molecule has 122 valence electrons. The van der Waals surface area contributed by atoms with Crippen molar-refractivity contribution in [3.8, 4) is 11.3 Å². The topological polar surface area (TPSA) is 65.1 Å². The van der Waals surface area contributed by atoms with Gasteiger partial charge in [0.25, 0.3) is 5.56 Å². The van der Waals surface area contributed by atoms with Crippen molar-refractivity contribution in [1.82, 2.24) is 19.9 Å². The maximum Gasteiger partial charge on any atom is 0.280 e. The average Bonchev–Trinajstić information content (AvgIpc) is 2.63. The highest BCUT2D eigenvalue weighted by atomic mass is 16.1. The number of nitrogens with zero attached hydrogens (tertiary/aromatic N) is 4. The predicted molar refractivity (Wildman–Crippen MR) is 93.2 cm³/mol. The van der Waals surface area contributed by atoms with E-state index in [9.17, 15) is 4.79 Å². The number of piperazine rings is 1. The van der Waals surface area contributed by atoms with E-state index in [0.717, 1.165) is 44.4 Å². The molecule has 0 aliphatic carbocycles. The van der Waals surface area contributed by atoms with Gasteiger partial charge in [-0.15, -0.1) is 0 Å². The van der Waals surface area contributed by atoms with Crippen LogP contribution >= 0.6 is 0 Å². The van der Waals surface area contributed by atoms with Crippen molar-refractivity contribution in [3.05, 3.63) is 64.7 Å². The molecule has 0 spiro atoms. The molecule has 1 aromatic carbocycles. The lowest BCUT2D eigenvalue weighted by Crippen LogP contribution is -2.46. The molecule has 1 N–H and O–H groups in total. The second-order valence-corrected chi connectivity index (χ2v) is 6.03. The molecule has 0 aromatic heterocycles. The lowest BCUT2D eigenvalue weighted by molar-refractivity contribution is 0.248. The summed E-state index contributed by atoms with van der Waals surface area (Å²) in [5, 5.41) is 0. The van der Waals surface area contributed by atoms with E-state index in [2.05, 4.69) is 49.0 Å². The van der Waals surface area contributed by atoms with Crippen molar-refractivity contribution in [2.45, 2.75) is 6.54 Å². The molecule has 3 aliphatic heterocycles. The molecule has 0 atom stereocenters. The maximum absolute atomic E-state index is 11.7. The Morgan fingerprint density at radius 3 is 2.58 bits per heavy atom. The standard InChI is InChI=1S/C18H19N5O/c24-17-15-12-20-18(21-16(15)6-7-19-17)23-10-8-22(9-11-23)13-14-4-2-1-3-5-14/h1-7,12H,8-11,13H2,(H,20,21). The van der Waals surface area contributed by atoms with Crippen molar-refractivity contribution in [3.63, 3.8) is 0 Å². The highest BCUT2D eigenvalue weighted by molar-refractivity contribution is 5.59. The van der Waals surface area contributed by atoms with E-state index < -0.39 is 0 Å². The monoisotopic (exact) mass is 321 g/mol. The first-order valence-corrected chi connectivity index (χ1v) is 8.15. The molecule has 6 heteroatoms. The van der Waals surface area contributed by atoms with E-state index in [-0.39, 0.29) is 5.56 Å². The van der Waals surface area contributed by atoms with E-state index in [4.69, 9.17) is 0 Å². The molecule has 0 bridgehead atoms. The van der Waals surface area contributed by atoms with Crippen LogP contribution in [-0.4, -0.2) is 46.0 Å². The van der Waals surface area contributed by atoms with Gasteiger partial charge in [0.05, 0.1) is 11.3 Å². The molecule has 1 fully saturated rings. The number of benzene rings is 1. The molecular weight excluding hydrogens is 302 g/mol. The van der Waals surface area contributed by atoms with Crippen molar-refractivity contribution >= 4 is 5.95 Å². The molecule has 6 nitrogen and oxygen atoms in total. The summed E-state index contributed by atoms with van der Waals surface area (Å²) in [6, 6.07) is 12.4. The van der Waals surface area contributed by atoms with Crippen LogP contribution < -0.4 is 10.5 Å². The molecule has 0 radical (unpaired) electrons. The van der Waals surface area contributed by atoms with Crippen LogP contribution in [0.4, 0.5) is 5.95 Å². The van der Waals surface area contributed by atoms with Gasteiger partial charge < -0.3 is 9.88 Å². The number of nitrogens with one attached hydrogen (secondary N) is 1. The third kappa shape index (κ3) is 3.00. The normalized spacial score (nSPS) is 15.8. The van der Waals surface area contributed by atoms with Crippen LogP contribution in [-0.2, 0) is 6.54 Å². The van der Waals surface area contributed by atoms with Crippen LogP contribution in [0.1, 0.15) is 5.56 Å². The lowest BCUT2D eigenvalue weighted by Gasteiger charge is -2.35. The highest BCUT2D eigenvalue weighted by Gasteiger charge is 2.19. The van der Waals surface area contributed by atoms with Crippen molar-refractivity contribution in [1.29, 1.82) is 0 Å². The van der Waals surface area contributed by atoms with Gasteiger partial charge in [-0.3, -0.25) is 9.69 Å². The third-order valence-corrected chi connectivity index (χ3v) is 4.44. The fraction of sp³-hybridized carbons (Fsp3) is 0.278. The van der Waals surface area contributed by atoms with E-state index in [0.29, 0.717) is 5.56 Å². The SMILES string of the molecule is O=c1nccc2[nH]c(N3CCN(Cc4ccccc4)CC3)ncc1-2. The average molecular weight is 321 g/mol. The second-order valence-electron chi connectivity index (χ2n) is 6.03. The quantitative estimate of drug-likeness (QED) is 0.794. The zero-order chi connectivity index (χ0) is 16.4. The van der Waals surface area contributed by atoms with E-state index in [1.165, 1.54) is 11.8 Å². The first-order chi connectivity index (χ1) is 11.8. The number of fused-ring (bicyclic) bond motifs is 1. The molecule has 0 saturated carbocycles. The Balaban J connectivity index is 1.44. The minimum atomic E-state index is -0.240. The van der Waals surface area contributed by atoms with Crippen LogP contribution in [0.5, 0.6) is 0 Å². The van der Waals surface area contributed by atoms with E-state index >= 15 is 0 Å². The Morgan fingerprint density at radius 2 is 1.79 bits per heavy atom. The number of hydrogen-bond acceptors (Lipinski definition) is 5. The summed E-state index contributed by atoms with van der Waals surface area (Å²) in [5.74, 6) is 0.812. The summed E-state index contributed by atoms with van der Waals surface area (Å²) in [7, 11) is 0. The van der Waals surface area contributed by atoms with Gasteiger partial charge >= 0.3 is 0 Å². The fourth-order valence-electron chi connectivity index (χ4n) is 3.09. The Morgan fingerprint density at radius 1 is 1.00 bits per heavy atom. The number of hydrogen-bond donors (Lipinski definition) is 1. The molecule has 0 amide bonds. The van der Waals surface area contributed by atoms with Crippen LogP contribution in [0.25, 0.3) is 11.3 Å². The molecule has 0 unspecified atom stereocenters. The summed E-state index contributed by atoms with van der Waals surface area (Å²) in [4.78, 5) is 27.8. The number of pyridine rings is 1. The van der Waals surface area contributed by atoms with Crippen LogP contribution in [0, 0.1) is 0 Å². The number of aromatic nitrogens is 3. The highest BCUT2D eigenvalue weighted by Crippen LogP contribution is 2.18. The van der Waals surface area contributed by atoms with Gasteiger partial charge in [-0.1, -0.05) is 30.3 Å². The van der Waals surface area contributed by atoms with Gasteiger partial charge in [0.1, 0.15) is 0 Å². The fourth-order valence-corrected chi connectivity index (χ4v) is 3.09. The smallest absolute Gasteiger partial charge is 0.280 e. The summed E-state index contributed by atoms with van der Waals surface area (Å²) in [6.45, 7) is 4.79. The van der Waals surface area contributed by atoms with Crippen LogP contribution in [0.15, 0.2) is 53.6 Å². The zero-order valence-corrected chi connectivity index (χ0v) is 13.4. The Bertz CT molecular complexity index is 839. The van der Waals surface area contributed by atoms with Crippen molar-refractivity contribution < 1.29 is 0 Å². The number of aromatic amines is 1. The van der Waals surface area contributed by atoms with E-state index in [1.807, 2.05) is 12.1 Å². The van der Waals surface area contributed by atoms with Gasteiger partial charge in [-0.05, 0) is 11.6 Å². The molecule has 3 heterocycles. The first kappa shape index (κ1) is 14.8. The molecule has 1 aromatic rings. The summed E-state index contributed by atoms with van der Waals surface area (Å²) in [5.41, 5.74) is 2.42. The number of rotatable bonds is 3. The molecule has 4 rings (SSSR count). The number of anilines is 1. The van der Waals surface area contributed by atoms with Crippen LogP contribution in [0.2, 0.25) is 0 Å². The predicted octanol–water partition coefficient (Wildman–Crippen LogP) is 1.59. The minimum Gasteiger partial charge on any atom is -0.340 e. The third-order valence-electron chi connectivity index (χ3n) is 4.44. The second kappa shape index (κ2) is 6.41. The summed E-state index contributed by atoms with van der Waals surface area (Å²) in [6.07, 6.45) is 3.15. The van der Waals surface area contributed by atoms with Gasteiger partial charge in [-0.2, -0.15) is 0 Å². The minimum absolute atomic E-state index is 0.240. The van der Waals surface area contributed by atoms with Gasteiger partial charge in [0, 0.05) is 45.1 Å². The molecule has 24 heavy (non-hydrogen) atoms.